The predicted molar refractivity (Wildman–Crippen MR) is 120 cm³/mol. The monoisotopic (exact) mass is 404 g/mol. The molecule has 0 saturated heterocycles. The Bertz CT molecular complexity index is 1110. The first-order valence-electron chi connectivity index (χ1n) is 9.96. The largest absolute Gasteiger partial charge is 0.332 e. The topological polar surface area (TPSA) is 49.8 Å². The summed E-state index contributed by atoms with van der Waals surface area (Å²) in [6.45, 7) is 4.62. The molecule has 0 aliphatic heterocycles. The first-order valence-corrected chi connectivity index (χ1v) is 10.8. The van der Waals surface area contributed by atoms with Crippen molar-refractivity contribution >= 4 is 38.2 Å². The summed E-state index contributed by atoms with van der Waals surface area (Å²) in [6, 6.07) is 23.0. The van der Waals surface area contributed by atoms with E-state index in [0.29, 0.717) is 6.54 Å². The number of thiazole rings is 1. The molecule has 2 atom stereocenters. The van der Waals surface area contributed by atoms with E-state index in [2.05, 4.69) is 60.8 Å². The van der Waals surface area contributed by atoms with Gasteiger partial charge < -0.3 is 10.2 Å². The van der Waals surface area contributed by atoms with E-state index in [0.717, 1.165) is 15.2 Å². The van der Waals surface area contributed by atoms with Gasteiger partial charge in [-0.25, -0.2) is 4.98 Å². The Labute approximate surface area is 175 Å². The van der Waals surface area contributed by atoms with Gasteiger partial charge in [0.25, 0.3) is 5.91 Å². The molecule has 29 heavy (non-hydrogen) atoms. The lowest BCUT2D eigenvalue weighted by Gasteiger charge is -2.23. The zero-order valence-electron chi connectivity index (χ0n) is 17.0. The molecule has 0 aliphatic carbocycles. The number of hydrogen-bond acceptors (Lipinski definition) is 3. The molecule has 0 saturated carbocycles. The lowest BCUT2D eigenvalue weighted by atomic mass is 10.00. The summed E-state index contributed by atoms with van der Waals surface area (Å²) in [6.07, 6.45) is 0. The Hall–Kier alpha value is -2.76. The quantitative estimate of drug-likeness (QED) is 0.521. The third kappa shape index (κ3) is 4.02. The molecule has 5 heteroatoms. The summed E-state index contributed by atoms with van der Waals surface area (Å²) in [5, 5.41) is 5.58. The summed E-state index contributed by atoms with van der Waals surface area (Å²) >= 11 is 1.66. The van der Waals surface area contributed by atoms with Crippen molar-refractivity contribution in [1.82, 2.24) is 9.88 Å². The van der Waals surface area contributed by atoms with Gasteiger partial charge in [-0.2, -0.15) is 0 Å². The molecule has 4 rings (SSSR count). The maximum absolute atomic E-state index is 12.8. The molecule has 1 amide bonds. The third-order valence-corrected chi connectivity index (χ3v) is 6.81. The number of carbonyl (C=O) groups excluding carboxylic acids is 1. The Morgan fingerprint density at radius 1 is 1.03 bits per heavy atom. The summed E-state index contributed by atoms with van der Waals surface area (Å²) in [5.74, 6) is 0.115. The molecule has 3 aromatic carbocycles. The van der Waals surface area contributed by atoms with Crippen LogP contribution in [0.15, 0.2) is 66.7 Å². The molecule has 4 nitrogen and oxygen atoms in total. The standard InChI is InChI=1S/C24H25N3OS/c1-16(19-12-8-10-18-9-4-5-11-20(18)19)25-15-23(28)27(3)17(2)24-26-21-13-6-7-14-22(21)29-24/h4-14,16-17,25H,15H2,1-3H3/p+1/t16-,17+/m0/s1. The molecule has 0 bridgehead atoms. The van der Waals surface area contributed by atoms with Crippen LogP contribution in [0.25, 0.3) is 21.0 Å². The summed E-state index contributed by atoms with van der Waals surface area (Å²) in [4.78, 5) is 19.4. The van der Waals surface area contributed by atoms with E-state index in [4.69, 9.17) is 4.98 Å². The number of nitrogens with two attached hydrogens (primary N) is 1. The number of hydrogen-bond donors (Lipinski definition) is 1. The van der Waals surface area contributed by atoms with Crippen molar-refractivity contribution in [3.63, 3.8) is 0 Å². The second kappa shape index (κ2) is 8.31. The fourth-order valence-electron chi connectivity index (χ4n) is 3.65. The molecule has 0 aliphatic rings. The van der Waals surface area contributed by atoms with Gasteiger partial charge in [-0.3, -0.25) is 4.79 Å². The van der Waals surface area contributed by atoms with Crippen LogP contribution in [-0.2, 0) is 4.79 Å². The van der Waals surface area contributed by atoms with Crippen LogP contribution in [0.2, 0.25) is 0 Å². The van der Waals surface area contributed by atoms with Gasteiger partial charge in [-0.05, 0) is 36.8 Å². The molecular formula is C24H26N3OS+. The van der Waals surface area contributed by atoms with Crippen molar-refractivity contribution in [2.45, 2.75) is 25.9 Å². The zero-order chi connectivity index (χ0) is 20.4. The van der Waals surface area contributed by atoms with Crippen LogP contribution in [0, 0.1) is 0 Å². The number of benzene rings is 3. The minimum Gasteiger partial charge on any atom is -0.332 e. The van der Waals surface area contributed by atoms with Crippen LogP contribution >= 0.6 is 11.3 Å². The Kier molecular flexibility index (Phi) is 5.60. The van der Waals surface area contributed by atoms with Gasteiger partial charge in [0.2, 0.25) is 0 Å². The minimum atomic E-state index is -0.0406. The van der Waals surface area contributed by atoms with Crippen LogP contribution in [0.5, 0.6) is 0 Å². The first-order chi connectivity index (χ1) is 14.0. The number of para-hydroxylation sites is 1. The predicted octanol–water partition coefficient (Wildman–Crippen LogP) is 4.29. The highest BCUT2D eigenvalue weighted by atomic mass is 32.1. The Morgan fingerprint density at radius 3 is 2.59 bits per heavy atom. The maximum Gasteiger partial charge on any atom is 0.278 e. The van der Waals surface area contributed by atoms with E-state index in [1.54, 1.807) is 11.3 Å². The molecule has 0 spiro atoms. The van der Waals surface area contributed by atoms with Gasteiger partial charge in [0.15, 0.2) is 6.54 Å². The van der Waals surface area contributed by atoms with E-state index in [1.807, 2.05) is 37.1 Å². The first kappa shape index (κ1) is 19.6. The summed E-state index contributed by atoms with van der Waals surface area (Å²) < 4.78 is 1.16. The fraction of sp³-hybridized carbons (Fsp3) is 0.250. The van der Waals surface area contributed by atoms with E-state index in [-0.39, 0.29) is 18.0 Å². The van der Waals surface area contributed by atoms with E-state index >= 15 is 0 Å². The number of nitrogens with zero attached hydrogens (tertiary/aromatic N) is 2. The normalized spacial score (nSPS) is 13.5. The second-order valence-electron chi connectivity index (χ2n) is 7.50. The van der Waals surface area contributed by atoms with Gasteiger partial charge in [0, 0.05) is 12.6 Å². The number of aromatic nitrogens is 1. The lowest BCUT2D eigenvalue weighted by molar-refractivity contribution is -0.682. The zero-order valence-corrected chi connectivity index (χ0v) is 17.8. The molecule has 148 valence electrons. The minimum absolute atomic E-state index is 0.0406. The van der Waals surface area contributed by atoms with Crippen LogP contribution in [0.4, 0.5) is 0 Å². The number of rotatable bonds is 6. The number of likely N-dealkylation sites (N-methyl/N-ethyl adjacent to an activating group) is 1. The summed E-state index contributed by atoms with van der Waals surface area (Å²) in [5.41, 5.74) is 2.26. The highest BCUT2D eigenvalue weighted by molar-refractivity contribution is 7.18. The van der Waals surface area contributed by atoms with E-state index in [1.165, 1.54) is 16.3 Å². The molecule has 1 aromatic heterocycles. The van der Waals surface area contributed by atoms with Crippen molar-refractivity contribution in [1.29, 1.82) is 0 Å². The SMILES string of the molecule is C[C@H]([NH2+]CC(=O)N(C)[C@H](C)c1nc2ccccc2s1)c1cccc2ccccc12. The maximum atomic E-state index is 12.8. The molecular weight excluding hydrogens is 378 g/mol. The smallest absolute Gasteiger partial charge is 0.278 e. The van der Waals surface area contributed by atoms with Crippen molar-refractivity contribution in [3.8, 4) is 0 Å². The molecule has 1 heterocycles. The Morgan fingerprint density at radius 2 is 1.76 bits per heavy atom. The van der Waals surface area contributed by atoms with Gasteiger partial charge in [-0.15, -0.1) is 11.3 Å². The highest BCUT2D eigenvalue weighted by Gasteiger charge is 2.23. The molecule has 0 radical (unpaired) electrons. The van der Waals surface area contributed by atoms with Gasteiger partial charge in [-0.1, -0.05) is 54.6 Å². The number of fused-ring (bicyclic) bond motifs is 2. The second-order valence-corrected chi connectivity index (χ2v) is 8.56. The Balaban J connectivity index is 1.43. The highest BCUT2D eigenvalue weighted by Crippen LogP contribution is 2.28. The molecule has 0 fully saturated rings. The van der Waals surface area contributed by atoms with Crippen LogP contribution < -0.4 is 5.32 Å². The van der Waals surface area contributed by atoms with Gasteiger partial charge in [0.1, 0.15) is 11.0 Å². The van der Waals surface area contributed by atoms with Crippen LogP contribution in [0.3, 0.4) is 0 Å². The molecule has 0 unspecified atom stereocenters. The average molecular weight is 405 g/mol. The van der Waals surface area contributed by atoms with Crippen molar-refractivity contribution in [2.24, 2.45) is 0 Å². The van der Waals surface area contributed by atoms with Gasteiger partial charge in [0.05, 0.1) is 16.3 Å². The van der Waals surface area contributed by atoms with Gasteiger partial charge >= 0.3 is 0 Å². The molecule has 2 N–H and O–H groups in total. The van der Waals surface area contributed by atoms with Crippen LogP contribution in [0.1, 0.15) is 36.5 Å². The van der Waals surface area contributed by atoms with E-state index < -0.39 is 0 Å². The number of carbonyl (C=O) groups is 1. The third-order valence-electron chi connectivity index (χ3n) is 5.60. The molecule has 4 aromatic rings. The summed E-state index contributed by atoms with van der Waals surface area (Å²) in [7, 11) is 1.87. The van der Waals surface area contributed by atoms with E-state index in [9.17, 15) is 4.79 Å². The van der Waals surface area contributed by atoms with Crippen molar-refractivity contribution < 1.29 is 10.1 Å². The van der Waals surface area contributed by atoms with Crippen LogP contribution in [-0.4, -0.2) is 29.4 Å². The number of amides is 1. The number of quaternary nitrogens is 1. The lowest BCUT2D eigenvalue weighted by Crippen LogP contribution is -2.87. The van der Waals surface area contributed by atoms with Crippen molar-refractivity contribution in [2.75, 3.05) is 13.6 Å². The van der Waals surface area contributed by atoms with Crippen molar-refractivity contribution in [3.05, 3.63) is 77.3 Å². The average Bonchev–Trinajstić information content (AvgIpc) is 3.20. The fourth-order valence-corrected chi connectivity index (χ4v) is 4.71.